The number of ether oxygens (including phenoxy) is 2. The van der Waals surface area contributed by atoms with Crippen molar-refractivity contribution < 1.29 is 9.47 Å². The number of fused-ring (bicyclic) bond motifs is 1. The van der Waals surface area contributed by atoms with Gasteiger partial charge in [0.2, 0.25) is 0 Å². The van der Waals surface area contributed by atoms with Crippen LogP contribution in [0.25, 0.3) is 0 Å². The van der Waals surface area contributed by atoms with Gasteiger partial charge < -0.3 is 9.47 Å². The van der Waals surface area contributed by atoms with Crippen LogP contribution in [-0.4, -0.2) is 19.8 Å². The fourth-order valence-corrected chi connectivity index (χ4v) is 3.42. The van der Waals surface area contributed by atoms with Gasteiger partial charge in [-0.3, -0.25) is 0 Å². The molecule has 2 unspecified atom stereocenters. The van der Waals surface area contributed by atoms with Crippen molar-refractivity contribution in [2.75, 3.05) is 19.8 Å². The number of hydrogen-bond acceptors (Lipinski definition) is 2. The summed E-state index contributed by atoms with van der Waals surface area (Å²) in [4.78, 5) is 0. The second-order valence-electron chi connectivity index (χ2n) is 4.61. The van der Waals surface area contributed by atoms with E-state index in [0.29, 0.717) is 5.92 Å². The third-order valence-electron chi connectivity index (χ3n) is 3.45. The van der Waals surface area contributed by atoms with Gasteiger partial charge in [0, 0.05) is 29.0 Å². The molecule has 92 valence electrons. The molecule has 1 aromatic carbocycles. The standard InChI is InChI=1S/C13H14BrClO2/c14-10-5-8-2-4-17-13(8)11(6-10)12(15)9-1-3-16-7-9/h5-6,9,12H,1-4,7H2. The third kappa shape index (κ3) is 2.20. The molecule has 1 fully saturated rings. The maximum atomic E-state index is 6.59. The van der Waals surface area contributed by atoms with Gasteiger partial charge in [0.15, 0.2) is 0 Å². The maximum Gasteiger partial charge on any atom is 0.127 e. The Balaban J connectivity index is 1.96. The predicted molar refractivity (Wildman–Crippen MR) is 70.9 cm³/mol. The highest BCUT2D eigenvalue weighted by atomic mass is 79.9. The Hall–Kier alpha value is -0.250. The molecule has 2 aliphatic heterocycles. The molecule has 0 aliphatic carbocycles. The van der Waals surface area contributed by atoms with Gasteiger partial charge in [-0.15, -0.1) is 11.6 Å². The van der Waals surface area contributed by atoms with E-state index in [0.717, 1.165) is 48.4 Å². The molecule has 1 aromatic rings. The number of halogens is 2. The SMILES string of the molecule is ClC(c1cc(Br)cc2c1OCC2)C1CCOC1. The van der Waals surface area contributed by atoms with Crippen LogP contribution in [0, 0.1) is 5.92 Å². The molecule has 2 aliphatic rings. The molecule has 17 heavy (non-hydrogen) atoms. The Morgan fingerprint density at radius 2 is 2.24 bits per heavy atom. The zero-order valence-corrected chi connectivity index (χ0v) is 11.8. The summed E-state index contributed by atoms with van der Waals surface area (Å²) >= 11 is 10.1. The van der Waals surface area contributed by atoms with Gasteiger partial charge in [-0.1, -0.05) is 15.9 Å². The molecule has 2 atom stereocenters. The summed E-state index contributed by atoms with van der Waals surface area (Å²) in [6.45, 7) is 2.35. The van der Waals surface area contributed by atoms with E-state index in [1.165, 1.54) is 5.56 Å². The monoisotopic (exact) mass is 316 g/mol. The van der Waals surface area contributed by atoms with E-state index in [-0.39, 0.29) is 5.38 Å². The molecule has 2 nitrogen and oxygen atoms in total. The molecular weight excluding hydrogens is 303 g/mol. The average Bonchev–Trinajstić information content (AvgIpc) is 2.97. The molecular formula is C13H14BrClO2. The summed E-state index contributed by atoms with van der Waals surface area (Å²) in [6, 6.07) is 4.21. The third-order valence-corrected chi connectivity index (χ3v) is 4.50. The first kappa shape index (κ1) is 11.8. The summed E-state index contributed by atoms with van der Waals surface area (Å²) in [5, 5.41) is -0.0122. The lowest BCUT2D eigenvalue weighted by Gasteiger charge is -2.18. The Morgan fingerprint density at radius 1 is 1.35 bits per heavy atom. The zero-order chi connectivity index (χ0) is 11.8. The number of alkyl halides is 1. The Bertz CT molecular complexity index is 430. The van der Waals surface area contributed by atoms with Crippen LogP contribution in [-0.2, 0) is 11.2 Å². The summed E-state index contributed by atoms with van der Waals surface area (Å²) in [7, 11) is 0. The van der Waals surface area contributed by atoms with E-state index in [2.05, 4.69) is 28.1 Å². The highest BCUT2D eigenvalue weighted by molar-refractivity contribution is 9.10. The van der Waals surface area contributed by atoms with Crippen molar-refractivity contribution in [3.63, 3.8) is 0 Å². The first-order valence-corrected chi connectivity index (χ1v) is 7.15. The normalized spacial score (nSPS) is 24.5. The Labute approximate surface area is 114 Å². The van der Waals surface area contributed by atoms with Crippen LogP contribution >= 0.6 is 27.5 Å². The van der Waals surface area contributed by atoms with Crippen molar-refractivity contribution in [2.24, 2.45) is 5.92 Å². The van der Waals surface area contributed by atoms with Gasteiger partial charge >= 0.3 is 0 Å². The van der Waals surface area contributed by atoms with Gasteiger partial charge in [-0.2, -0.15) is 0 Å². The summed E-state index contributed by atoms with van der Waals surface area (Å²) < 4.78 is 12.2. The van der Waals surface area contributed by atoms with E-state index in [4.69, 9.17) is 21.1 Å². The van der Waals surface area contributed by atoms with Gasteiger partial charge in [0.05, 0.1) is 18.6 Å². The molecule has 0 aromatic heterocycles. The van der Waals surface area contributed by atoms with E-state index in [9.17, 15) is 0 Å². The molecule has 0 N–H and O–H groups in total. The minimum Gasteiger partial charge on any atom is -0.493 e. The van der Waals surface area contributed by atoms with Crippen LogP contribution in [0.1, 0.15) is 22.9 Å². The van der Waals surface area contributed by atoms with Gasteiger partial charge in [-0.25, -0.2) is 0 Å². The van der Waals surface area contributed by atoms with Crippen molar-refractivity contribution >= 4 is 27.5 Å². The molecule has 0 spiro atoms. The van der Waals surface area contributed by atoms with Crippen LogP contribution in [0.5, 0.6) is 5.75 Å². The van der Waals surface area contributed by atoms with E-state index >= 15 is 0 Å². The largest absolute Gasteiger partial charge is 0.493 e. The van der Waals surface area contributed by atoms with Crippen LogP contribution < -0.4 is 4.74 Å². The van der Waals surface area contributed by atoms with Crippen molar-refractivity contribution in [2.45, 2.75) is 18.2 Å². The molecule has 0 bridgehead atoms. The fraction of sp³-hybridized carbons (Fsp3) is 0.538. The zero-order valence-electron chi connectivity index (χ0n) is 9.42. The Morgan fingerprint density at radius 3 is 3.00 bits per heavy atom. The lowest BCUT2D eigenvalue weighted by molar-refractivity contribution is 0.185. The van der Waals surface area contributed by atoms with Crippen LogP contribution in [0.2, 0.25) is 0 Å². The van der Waals surface area contributed by atoms with Crippen LogP contribution in [0.15, 0.2) is 16.6 Å². The molecule has 0 radical (unpaired) electrons. The molecule has 0 saturated carbocycles. The second kappa shape index (κ2) is 4.79. The lowest BCUT2D eigenvalue weighted by atomic mass is 9.96. The molecule has 2 heterocycles. The van der Waals surface area contributed by atoms with Gasteiger partial charge in [0.25, 0.3) is 0 Å². The molecule has 1 saturated heterocycles. The second-order valence-corrected chi connectivity index (χ2v) is 5.99. The van der Waals surface area contributed by atoms with Crippen molar-refractivity contribution in [1.29, 1.82) is 0 Å². The highest BCUT2D eigenvalue weighted by Crippen LogP contribution is 2.43. The topological polar surface area (TPSA) is 18.5 Å². The maximum absolute atomic E-state index is 6.59. The van der Waals surface area contributed by atoms with Gasteiger partial charge in [-0.05, 0) is 24.1 Å². The summed E-state index contributed by atoms with van der Waals surface area (Å²) in [5.74, 6) is 1.40. The first-order valence-electron chi connectivity index (χ1n) is 5.92. The average molecular weight is 318 g/mol. The fourth-order valence-electron chi connectivity index (χ4n) is 2.54. The van der Waals surface area contributed by atoms with Crippen molar-refractivity contribution in [3.05, 3.63) is 27.7 Å². The summed E-state index contributed by atoms with van der Waals surface area (Å²) in [6.07, 6.45) is 2.02. The van der Waals surface area contributed by atoms with Crippen LogP contribution in [0.3, 0.4) is 0 Å². The van der Waals surface area contributed by atoms with Crippen LogP contribution in [0.4, 0.5) is 0 Å². The quantitative estimate of drug-likeness (QED) is 0.774. The number of benzene rings is 1. The molecule has 0 amide bonds. The first-order chi connectivity index (χ1) is 8.25. The van der Waals surface area contributed by atoms with Crippen molar-refractivity contribution in [1.82, 2.24) is 0 Å². The minimum absolute atomic E-state index is 0.0122. The Kier molecular flexibility index (Phi) is 3.33. The van der Waals surface area contributed by atoms with Crippen molar-refractivity contribution in [3.8, 4) is 5.75 Å². The summed E-state index contributed by atoms with van der Waals surface area (Å²) in [5.41, 5.74) is 2.38. The molecule has 3 rings (SSSR count). The van der Waals surface area contributed by atoms with E-state index in [1.807, 2.05) is 0 Å². The smallest absolute Gasteiger partial charge is 0.127 e. The highest BCUT2D eigenvalue weighted by Gasteiger charge is 2.30. The lowest BCUT2D eigenvalue weighted by Crippen LogP contribution is -2.09. The van der Waals surface area contributed by atoms with Gasteiger partial charge in [0.1, 0.15) is 5.75 Å². The van der Waals surface area contributed by atoms with E-state index in [1.54, 1.807) is 0 Å². The number of rotatable bonds is 2. The number of hydrogen-bond donors (Lipinski definition) is 0. The molecule has 4 heteroatoms. The van der Waals surface area contributed by atoms with E-state index < -0.39 is 0 Å². The predicted octanol–water partition coefficient (Wildman–Crippen LogP) is 3.70. The minimum atomic E-state index is -0.0122.